The molecule has 2 heterocycles. The number of aryl methyl sites for hydroxylation is 1. The van der Waals surface area contributed by atoms with Crippen LogP contribution in [0.3, 0.4) is 0 Å². The molecule has 1 aromatic carbocycles. The molecular weight excluding hydrogens is 535 g/mol. The number of benzene rings is 1. The van der Waals surface area contributed by atoms with Crippen LogP contribution in [0.5, 0.6) is 11.6 Å². The lowest BCUT2D eigenvalue weighted by Crippen LogP contribution is -2.36. The van der Waals surface area contributed by atoms with Gasteiger partial charge in [-0.3, -0.25) is 4.99 Å². The van der Waals surface area contributed by atoms with Gasteiger partial charge < -0.3 is 29.6 Å². The molecule has 8 nitrogen and oxygen atoms in total. The predicted octanol–water partition coefficient (Wildman–Crippen LogP) is 3.31. The fourth-order valence-corrected chi connectivity index (χ4v) is 3.35. The molecule has 182 valence electrons. The van der Waals surface area contributed by atoms with Crippen LogP contribution >= 0.6 is 24.0 Å². The molecule has 9 heteroatoms. The molecule has 0 amide bonds. The van der Waals surface area contributed by atoms with E-state index in [9.17, 15) is 0 Å². The number of ether oxygens (including phenoxy) is 4. The van der Waals surface area contributed by atoms with E-state index in [4.69, 9.17) is 18.9 Å². The van der Waals surface area contributed by atoms with Gasteiger partial charge in [0.15, 0.2) is 5.96 Å². The van der Waals surface area contributed by atoms with Crippen LogP contribution in [0, 0.1) is 12.8 Å². The molecule has 1 unspecified atom stereocenters. The molecular formula is C24H35IN4O4. The van der Waals surface area contributed by atoms with Gasteiger partial charge in [-0.1, -0.05) is 18.2 Å². The zero-order valence-electron chi connectivity index (χ0n) is 19.6. The third-order valence-corrected chi connectivity index (χ3v) is 5.21. The summed E-state index contributed by atoms with van der Waals surface area (Å²) in [6.45, 7) is 6.46. The molecule has 2 N–H and O–H groups in total. The van der Waals surface area contributed by atoms with E-state index in [2.05, 4.69) is 45.7 Å². The minimum absolute atomic E-state index is 0. The van der Waals surface area contributed by atoms with E-state index in [-0.39, 0.29) is 24.0 Å². The number of hydrogen-bond donors (Lipinski definition) is 2. The number of rotatable bonds is 11. The number of pyridine rings is 1. The maximum absolute atomic E-state index is 6.14. The van der Waals surface area contributed by atoms with Gasteiger partial charge in [0.25, 0.3) is 0 Å². The molecule has 0 aliphatic carbocycles. The molecule has 1 aliphatic rings. The highest BCUT2D eigenvalue weighted by molar-refractivity contribution is 14.0. The zero-order valence-corrected chi connectivity index (χ0v) is 22.0. The van der Waals surface area contributed by atoms with Crippen LogP contribution in [0.25, 0.3) is 0 Å². The highest BCUT2D eigenvalue weighted by atomic mass is 127. The van der Waals surface area contributed by atoms with Crippen LogP contribution in [-0.2, 0) is 22.6 Å². The average molecular weight is 570 g/mol. The normalized spacial score (nSPS) is 15.6. The highest BCUT2D eigenvalue weighted by Gasteiger charge is 2.17. The van der Waals surface area contributed by atoms with Crippen molar-refractivity contribution in [1.29, 1.82) is 0 Å². The monoisotopic (exact) mass is 570 g/mol. The molecule has 0 saturated carbocycles. The molecule has 1 aromatic heterocycles. The number of nitrogens with zero attached hydrogens (tertiary/aromatic N) is 2. The van der Waals surface area contributed by atoms with Gasteiger partial charge >= 0.3 is 0 Å². The van der Waals surface area contributed by atoms with Crippen LogP contribution in [0.2, 0.25) is 0 Å². The van der Waals surface area contributed by atoms with Crippen LogP contribution in [0.15, 0.2) is 41.5 Å². The number of halogens is 1. The minimum atomic E-state index is 0. The molecule has 1 aliphatic heterocycles. The largest absolute Gasteiger partial charge is 0.493 e. The summed E-state index contributed by atoms with van der Waals surface area (Å²) in [5, 5.41) is 6.69. The minimum Gasteiger partial charge on any atom is -0.493 e. The Bertz CT molecular complexity index is 875. The second kappa shape index (κ2) is 14.9. The van der Waals surface area contributed by atoms with Crippen molar-refractivity contribution < 1.29 is 18.9 Å². The number of guanidine groups is 1. The second-order valence-electron chi connectivity index (χ2n) is 7.74. The van der Waals surface area contributed by atoms with E-state index in [0.29, 0.717) is 50.7 Å². The Morgan fingerprint density at radius 1 is 1.15 bits per heavy atom. The summed E-state index contributed by atoms with van der Waals surface area (Å²) >= 11 is 0. The van der Waals surface area contributed by atoms with Crippen molar-refractivity contribution in [3.8, 4) is 11.6 Å². The van der Waals surface area contributed by atoms with Crippen LogP contribution in [-0.4, -0.2) is 58.1 Å². The van der Waals surface area contributed by atoms with Crippen LogP contribution < -0.4 is 20.1 Å². The van der Waals surface area contributed by atoms with Crippen molar-refractivity contribution in [2.24, 2.45) is 10.9 Å². The topological polar surface area (TPSA) is 86.2 Å². The first-order chi connectivity index (χ1) is 15.7. The maximum atomic E-state index is 6.14. The van der Waals surface area contributed by atoms with Crippen molar-refractivity contribution in [1.82, 2.24) is 15.6 Å². The molecule has 1 atom stereocenters. The molecule has 0 bridgehead atoms. The third kappa shape index (κ3) is 8.98. The summed E-state index contributed by atoms with van der Waals surface area (Å²) in [7, 11) is 3.40. The Labute approximate surface area is 213 Å². The molecule has 0 radical (unpaired) electrons. The zero-order chi connectivity index (χ0) is 22.6. The van der Waals surface area contributed by atoms with E-state index in [1.54, 1.807) is 20.4 Å². The smallest absolute Gasteiger partial charge is 0.218 e. The summed E-state index contributed by atoms with van der Waals surface area (Å²) < 4.78 is 22.3. The van der Waals surface area contributed by atoms with Gasteiger partial charge in [-0.05, 0) is 31.0 Å². The number of aromatic nitrogens is 1. The molecule has 0 spiro atoms. The fraction of sp³-hybridized carbons (Fsp3) is 0.500. The maximum Gasteiger partial charge on any atom is 0.218 e. The lowest BCUT2D eigenvalue weighted by Gasteiger charge is -2.17. The Kier molecular flexibility index (Phi) is 12.3. The number of hydrogen-bond acceptors (Lipinski definition) is 6. The first-order valence-corrected chi connectivity index (χ1v) is 11.0. The van der Waals surface area contributed by atoms with Crippen LogP contribution in [0.4, 0.5) is 0 Å². The Morgan fingerprint density at radius 2 is 1.97 bits per heavy atom. The van der Waals surface area contributed by atoms with E-state index in [1.807, 2.05) is 12.1 Å². The van der Waals surface area contributed by atoms with E-state index in [0.717, 1.165) is 36.5 Å². The Morgan fingerprint density at radius 3 is 2.70 bits per heavy atom. The Balaban J connectivity index is 0.00000385. The van der Waals surface area contributed by atoms with Gasteiger partial charge in [0.05, 0.1) is 19.8 Å². The predicted molar refractivity (Wildman–Crippen MR) is 140 cm³/mol. The van der Waals surface area contributed by atoms with Gasteiger partial charge in [-0.25, -0.2) is 4.98 Å². The van der Waals surface area contributed by atoms with Crippen molar-refractivity contribution in [3.05, 3.63) is 53.2 Å². The first-order valence-electron chi connectivity index (χ1n) is 11.0. The molecule has 2 aromatic rings. The van der Waals surface area contributed by atoms with Crippen molar-refractivity contribution in [3.63, 3.8) is 0 Å². The quantitative estimate of drug-likeness (QED) is 0.186. The van der Waals surface area contributed by atoms with Crippen molar-refractivity contribution in [2.45, 2.75) is 26.4 Å². The van der Waals surface area contributed by atoms with Gasteiger partial charge in [-0.15, -0.1) is 24.0 Å². The third-order valence-electron chi connectivity index (χ3n) is 5.21. The van der Waals surface area contributed by atoms with Crippen LogP contribution in [0.1, 0.15) is 23.1 Å². The average Bonchev–Trinajstić information content (AvgIpc) is 3.33. The summed E-state index contributed by atoms with van der Waals surface area (Å²) in [6, 6.07) is 10.1. The number of aliphatic imine (C=N–C) groups is 1. The summed E-state index contributed by atoms with van der Waals surface area (Å²) in [4.78, 5) is 8.65. The summed E-state index contributed by atoms with van der Waals surface area (Å²) in [5.41, 5.74) is 3.21. The van der Waals surface area contributed by atoms with Crippen molar-refractivity contribution >= 4 is 29.9 Å². The SMILES string of the molecule is CN=C(NCc1ccc(C)cc1OCC1CCOC1)NCc1cccnc1OCCOC.I. The molecule has 1 saturated heterocycles. The lowest BCUT2D eigenvalue weighted by atomic mass is 10.1. The molecule has 33 heavy (non-hydrogen) atoms. The van der Waals surface area contributed by atoms with E-state index in [1.165, 1.54) is 5.56 Å². The van der Waals surface area contributed by atoms with Gasteiger partial charge in [-0.2, -0.15) is 0 Å². The lowest BCUT2D eigenvalue weighted by molar-refractivity contribution is 0.143. The highest BCUT2D eigenvalue weighted by Crippen LogP contribution is 2.22. The number of methoxy groups -OCH3 is 1. The van der Waals surface area contributed by atoms with Crippen molar-refractivity contribution in [2.75, 3.05) is 47.2 Å². The summed E-state index contributed by atoms with van der Waals surface area (Å²) in [6.07, 6.45) is 2.77. The van der Waals surface area contributed by atoms with E-state index < -0.39 is 0 Å². The second-order valence-corrected chi connectivity index (χ2v) is 7.74. The number of nitrogens with one attached hydrogen (secondary N) is 2. The van der Waals surface area contributed by atoms with Gasteiger partial charge in [0.1, 0.15) is 12.4 Å². The standard InChI is InChI=1S/C24H34N4O4.HI/c1-18-6-7-20(22(13-18)32-17-19-8-10-30-16-19)14-27-24(25-2)28-15-21-5-4-9-26-23(21)31-12-11-29-3;/h4-7,9,13,19H,8,10-12,14-17H2,1-3H3,(H2,25,27,28);1H. The van der Waals surface area contributed by atoms with E-state index >= 15 is 0 Å². The molecule has 3 rings (SSSR count). The molecule has 1 fully saturated rings. The Hall–Kier alpha value is -2.11. The summed E-state index contributed by atoms with van der Waals surface area (Å²) in [5.74, 6) is 2.65. The fourth-order valence-electron chi connectivity index (χ4n) is 3.35. The first kappa shape index (κ1) is 27.1. The van der Waals surface area contributed by atoms with Gasteiger partial charge in [0.2, 0.25) is 5.88 Å². The van der Waals surface area contributed by atoms with Gasteiger partial charge in [0, 0.05) is 57.1 Å².